The number of benzene rings is 1. The van der Waals surface area contributed by atoms with Crippen molar-refractivity contribution >= 4 is 5.91 Å². The maximum Gasteiger partial charge on any atom is 0.251 e. The predicted octanol–water partition coefficient (Wildman–Crippen LogP) is 2.54. The molecule has 4 nitrogen and oxygen atoms in total. The van der Waals surface area contributed by atoms with Gasteiger partial charge in [0, 0.05) is 12.7 Å². The van der Waals surface area contributed by atoms with Crippen molar-refractivity contribution in [2.75, 3.05) is 13.7 Å². The summed E-state index contributed by atoms with van der Waals surface area (Å²) in [5.74, 6) is -0.169. The number of hydrogen-bond donors (Lipinski definition) is 1. The highest BCUT2D eigenvalue weighted by Gasteiger charge is 2.15. The minimum Gasteiger partial charge on any atom is -0.467 e. The molecule has 0 fully saturated rings. The smallest absolute Gasteiger partial charge is 0.251 e. The van der Waals surface area contributed by atoms with Gasteiger partial charge in [-0.3, -0.25) is 4.79 Å². The average molecular weight is 263 g/mol. The Bertz CT molecular complexity index is 539. The van der Waals surface area contributed by atoms with Crippen molar-refractivity contribution in [3.8, 4) is 0 Å². The van der Waals surface area contributed by atoms with Crippen LogP contribution in [0.15, 0.2) is 47.1 Å². The summed E-state index contributed by atoms with van der Waals surface area (Å²) in [6, 6.07) is 9.03. The lowest BCUT2D eigenvalue weighted by Gasteiger charge is -2.13. The van der Waals surface area contributed by atoms with Crippen molar-refractivity contribution in [3.05, 3.63) is 59.8 Å². The largest absolute Gasteiger partial charge is 0.467 e. The van der Waals surface area contributed by atoms with Gasteiger partial charge in [-0.25, -0.2) is 4.39 Å². The maximum atomic E-state index is 13.0. The van der Waals surface area contributed by atoms with Gasteiger partial charge in [-0.2, -0.15) is 0 Å². The quantitative estimate of drug-likeness (QED) is 0.901. The van der Waals surface area contributed by atoms with Crippen LogP contribution in [0, 0.1) is 5.82 Å². The highest BCUT2D eigenvalue weighted by atomic mass is 19.1. The molecular weight excluding hydrogens is 249 g/mol. The molecule has 1 unspecified atom stereocenters. The topological polar surface area (TPSA) is 51.5 Å². The van der Waals surface area contributed by atoms with E-state index in [-0.39, 0.29) is 24.1 Å². The molecule has 19 heavy (non-hydrogen) atoms. The SMILES string of the molecule is COC(CNC(=O)c1cccc(F)c1)c1ccco1. The van der Waals surface area contributed by atoms with Gasteiger partial charge in [-0.05, 0) is 30.3 Å². The summed E-state index contributed by atoms with van der Waals surface area (Å²) in [4.78, 5) is 11.8. The molecule has 1 atom stereocenters. The van der Waals surface area contributed by atoms with Crippen LogP contribution in [0.3, 0.4) is 0 Å². The molecule has 0 radical (unpaired) electrons. The lowest BCUT2D eigenvalue weighted by molar-refractivity contribution is 0.0738. The summed E-state index contributed by atoms with van der Waals surface area (Å²) < 4.78 is 23.4. The van der Waals surface area contributed by atoms with Gasteiger partial charge in [0.2, 0.25) is 0 Å². The zero-order valence-electron chi connectivity index (χ0n) is 10.4. The van der Waals surface area contributed by atoms with Gasteiger partial charge in [0.15, 0.2) is 0 Å². The van der Waals surface area contributed by atoms with Gasteiger partial charge in [0.1, 0.15) is 17.7 Å². The van der Waals surface area contributed by atoms with E-state index in [0.29, 0.717) is 5.76 Å². The monoisotopic (exact) mass is 263 g/mol. The van der Waals surface area contributed by atoms with Crippen LogP contribution >= 0.6 is 0 Å². The second-order valence-corrected chi connectivity index (χ2v) is 3.96. The number of carbonyl (C=O) groups excluding carboxylic acids is 1. The predicted molar refractivity (Wildman–Crippen MR) is 67.2 cm³/mol. The van der Waals surface area contributed by atoms with Crippen LogP contribution < -0.4 is 5.32 Å². The van der Waals surface area contributed by atoms with Crippen molar-refractivity contribution in [2.24, 2.45) is 0 Å². The Kier molecular flexibility index (Phi) is 4.30. The first-order valence-electron chi connectivity index (χ1n) is 5.80. The second kappa shape index (κ2) is 6.15. The van der Waals surface area contributed by atoms with E-state index >= 15 is 0 Å². The molecule has 1 aromatic heterocycles. The van der Waals surface area contributed by atoms with Gasteiger partial charge >= 0.3 is 0 Å². The van der Waals surface area contributed by atoms with Gasteiger partial charge in [0.25, 0.3) is 5.91 Å². The Morgan fingerprint density at radius 2 is 2.26 bits per heavy atom. The molecule has 0 aliphatic carbocycles. The fourth-order valence-corrected chi connectivity index (χ4v) is 1.69. The number of hydrogen-bond acceptors (Lipinski definition) is 3. The molecule has 0 aliphatic rings. The molecular formula is C14H14FNO3. The van der Waals surface area contributed by atoms with Crippen LogP contribution in [0.4, 0.5) is 4.39 Å². The van der Waals surface area contributed by atoms with E-state index in [9.17, 15) is 9.18 Å². The summed E-state index contributed by atoms with van der Waals surface area (Å²) in [6.07, 6.45) is 1.17. The van der Waals surface area contributed by atoms with Gasteiger partial charge in [-0.1, -0.05) is 6.07 Å². The van der Waals surface area contributed by atoms with E-state index in [2.05, 4.69) is 5.32 Å². The number of methoxy groups -OCH3 is 1. The molecule has 0 bridgehead atoms. The zero-order chi connectivity index (χ0) is 13.7. The van der Waals surface area contributed by atoms with E-state index in [4.69, 9.17) is 9.15 Å². The van der Waals surface area contributed by atoms with Crippen molar-refractivity contribution < 1.29 is 18.3 Å². The number of carbonyl (C=O) groups is 1. The molecule has 0 saturated carbocycles. The number of rotatable bonds is 5. The standard InChI is InChI=1S/C14H14FNO3/c1-18-13(12-6-3-7-19-12)9-16-14(17)10-4-2-5-11(15)8-10/h2-8,13H,9H2,1H3,(H,16,17). The molecule has 0 aliphatic heterocycles. The summed E-state index contributed by atoms with van der Waals surface area (Å²) in [5.41, 5.74) is 0.272. The van der Waals surface area contributed by atoms with Crippen molar-refractivity contribution in [2.45, 2.75) is 6.10 Å². The third-order valence-electron chi connectivity index (χ3n) is 2.68. The fourth-order valence-electron chi connectivity index (χ4n) is 1.69. The number of amides is 1. The zero-order valence-corrected chi connectivity index (χ0v) is 10.4. The van der Waals surface area contributed by atoms with E-state index in [1.54, 1.807) is 18.2 Å². The van der Waals surface area contributed by atoms with E-state index in [0.717, 1.165) is 0 Å². The molecule has 0 saturated heterocycles. The Labute approximate surface area is 110 Å². The number of furan rings is 1. The van der Waals surface area contributed by atoms with Gasteiger partial charge in [-0.15, -0.1) is 0 Å². The van der Waals surface area contributed by atoms with Crippen LogP contribution in [0.25, 0.3) is 0 Å². The minimum absolute atomic E-state index is 0.249. The molecule has 2 rings (SSSR count). The lowest BCUT2D eigenvalue weighted by atomic mass is 10.2. The molecule has 0 spiro atoms. The van der Waals surface area contributed by atoms with E-state index in [1.165, 1.54) is 31.6 Å². The Hall–Kier alpha value is -2.14. The van der Waals surface area contributed by atoms with Crippen LogP contribution in [0.1, 0.15) is 22.2 Å². The van der Waals surface area contributed by atoms with Crippen molar-refractivity contribution in [1.82, 2.24) is 5.32 Å². The van der Waals surface area contributed by atoms with Crippen molar-refractivity contribution in [3.63, 3.8) is 0 Å². The maximum absolute atomic E-state index is 13.0. The fraction of sp³-hybridized carbons (Fsp3) is 0.214. The van der Waals surface area contributed by atoms with E-state index < -0.39 is 5.82 Å². The second-order valence-electron chi connectivity index (χ2n) is 3.96. The molecule has 1 amide bonds. The molecule has 5 heteroatoms. The van der Waals surface area contributed by atoms with Crippen LogP contribution in [0.5, 0.6) is 0 Å². The molecule has 1 aromatic carbocycles. The molecule has 2 aromatic rings. The molecule has 100 valence electrons. The summed E-state index contributed by atoms with van der Waals surface area (Å²) in [5, 5.41) is 2.67. The lowest BCUT2D eigenvalue weighted by Crippen LogP contribution is -2.29. The Morgan fingerprint density at radius 3 is 2.89 bits per heavy atom. The minimum atomic E-state index is -0.443. The highest BCUT2D eigenvalue weighted by molar-refractivity contribution is 5.94. The summed E-state index contributed by atoms with van der Waals surface area (Å²) in [6.45, 7) is 0.249. The Balaban J connectivity index is 1.96. The number of ether oxygens (including phenoxy) is 1. The van der Waals surface area contributed by atoms with Crippen LogP contribution in [-0.4, -0.2) is 19.6 Å². The summed E-state index contributed by atoms with van der Waals surface area (Å²) in [7, 11) is 1.53. The number of halogens is 1. The molecule has 1 heterocycles. The third-order valence-corrected chi connectivity index (χ3v) is 2.68. The van der Waals surface area contributed by atoms with Crippen molar-refractivity contribution in [1.29, 1.82) is 0 Å². The van der Waals surface area contributed by atoms with Crippen LogP contribution in [-0.2, 0) is 4.74 Å². The first kappa shape index (κ1) is 13.3. The third kappa shape index (κ3) is 3.42. The first-order valence-corrected chi connectivity index (χ1v) is 5.80. The normalized spacial score (nSPS) is 12.1. The van der Waals surface area contributed by atoms with E-state index in [1.807, 2.05) is 0 Å². The highest BCUT2D eigenvalue weighted by Crippen LogP contribution is 2.16. The first-order chi connectivity index (χ1) is 9.20. The van der Waals surface area contributed by atoms with Gasteiger partial charge in [0.05, 0.1) is 12.8 Å². The number of nitrogens with one attached hydrogen (secondary N) is 1. The summed E-state index contributed by atoms with van der Waals surface area (Å²) >= 11 is 0. The Morgan fingerprint density at radius 1 is 1.42 bits per heavy atom. The average Bonchev–Trinajstić information content (AvgIpc) is 2.93. The van der Waals surface area contributed by atoms with Crippen LogP contribution in [0.2, 0.25) is 0 Å². The van der Waals surface area contributed by atoms with Gasteiger partial charge < -0.3 is 14.5 Å². The molecule has 1 N–H and O–H groups in total.